The summed E-state index contributed by atoms with van der Waals surface area (Å²) in [6.45, 7) is 5.90. The van der Waals surface area contributed by atoms with Crippen molar-refractivity contribution in [3.63, 3.8) is 0 Å². The molecular weight excluding hydrogens is 523 g/mol. The number of aryl methyl sites for hydroxylation is 1. The molecule has 1 unspecified atom stereocenters. The van der Waals surface area contributed by atoms with Crippen LogP contribution in [0.1, 0.15) is 32.6 Å². The van der Waals surface area contributed by atoms with Crippen LogP contribution in [0.2, 0.25) is 0 Å². The van der Waals surface area contributed by atoms with E-state index in [0.717, 1.165) is 0 Å². The van der Waals surface area contributed by atoms with Crippen molar-refractivity contribution in [2.24, 2.45) is 5.92 Å². The Balaban J connectivity index is 1.81. The molecular formula is C23H29N4O8PS. The fourth-order valence-corrected chi connectivity index (χ4v) is 5.29. The number of ether oxygens (including phenoxy) is 2. The van der Waals surface area contributed by atoms with Crippen LogP contribution in [0.4, 0.5) is 0 Å². The molecule has 3 N–H and O–H groups in total. The van der Waals surface area contributed by atoms with Gasteiger partial charge in [0.2, 0.25) is 0 Å². The molecule has 1 aromatic carbocycles. The van der Waals surface area contributed by atoms with Crippen molar-refractivity contribution in [1.82, 2.24) is 14.6 Å². The first kappa shape index (κ1) is 28.7. The van der Waals surface area contributed by atoms with Gasteiger partial charge >= 0.3 is 13.7 Å². The monoisotopic (exact) mass is 552 g/mol. The molecule has 6 atom stereocenters. The molecule has 12 nitrogen and oxygen atoms in total. The minimum atomic E-state index is -4.22. The topological polar surface area (TPSA) is 165 Å². The van der Waals surface area contributed by atoms with Crippen LogP contribution in [0.25, 0.3) is 0 Å². The van der Waals surface area contributed by atoms with Crippen molar-refractivity contribution in [3.05, 3.63) is 57.2 Å². The van der Waals surface area contributed by atoms with Gasteiger partial charge in [0.1, 0.15) is 29.9 Å². The third-order valence-electron chi connectivity index (χ3n) is 5.37. The van der Waals surface area contributed by atoms with Gasteiger partial charge in [0.05, 0.1) is 18.8 Å². The van der Waals surface area contributed by atoms with Crippen LogP contribution in [0.15, 0.2) is 41.3 Å². The molecule has 200 valence electrons. The Kier molecular flexibility index (Phi) is 9.41. The van der Waals surface area contributed by atoms with Crippen LogP contribution >= 0.6 is 20.0 Å². The third-order valence-corrected chi connectivity index (χ3v) is 7.33. The third kappa shape index (κ3) is 7.13. The number of hydrogen-bond donors (Lipinski definition) is 3. The average Bonchev–Trinajstić information content (AvgIpc) is 3.15. The zero-order valence-corrected chi connectivity index (χ0v) is 22.4. The fourth-order valence-electron chi connectivity index (χ4n) is 3.54. The summed E-state index contributed by atoms with van der Waals surface area (Å²) in [6.07, 6.45) is -2.47. The Morgan fingerprint density at radius 3 is 2.65 bits per heavy atom. The minimum Gasteiger partial charge on any atom is -0.462 e. The molecule has 1 aliphatic heterocycles. The molecule has 0 amide bonds. The lowest BCUT2D eigenvalue weighted by Crippen LogP contribution is -2.37. The number of esters is 1. The van der Waals surface area contributed by atoms with Crippen molar-refractivity contribution >= 4 is 25.9 Å². The Morgan fingerprint density at radius 1 is 1.35 bits per heavy atom. The number of aliphatic hydroxyl groups excluding tert-OH is 1. The van der Waals surface area contributed by atoms with Crippen molar-refractivity contribution in [3.8, 4) is 11.8 Å². The van der Waals surface area contributed by atoms with Crippen LogP contribution in [-0.4, -0.2) is 51.6 Å². The predicted molar refractivity (Wildman–Crippen MR) is 134 cm³/mol. The van der Waals surface area contributed by atoms with E-state index in [9.17, 15) is 24.5 Å². The van der Waals surface area contributed by atoms with Gasteiger partial charge in [0, 0.05) is 11.8 Å². The van der Waals surface area contributed by atoms with E-state index in [1.807, 2.05) is 6.07 Å². The molecule has 0 saturated carbocycles. The molecule has 14 heteroatoms. The maximum absolute atomic E-state index is 13.7. The molecule has 1 fully saturated rings. The Bertz CT molecular complexity index is 1310. The van der Waals surface area contributed by atoms with Gasteiger partial charge in [-0.2, -0.15) is 10.3 Å². The number of hydrogen-bond acceptors (Lipinski definition) is 10. The molecule has 3 rings (SSSR count). The summed E-state index contributed by atoms with van der Waals surface area (Å²) in [7, 11) is -4.22. The standard InChI is InChI=1S/C23H29N4O8PS/c1-13(2)33-22(30)15(4)26-36(31,35-16-8-6-5-7-9-16)32-12-18-19(28)17(10-24)21(34-18)27-11-14(3)20(29)25-23(27)37/h5-9,11,13,15,17-19,21,28H,12H2,1-4H3,(H,26,31)(H,25,29,37)/t15-,17+,18-,19?,21-,36-/m0/s1. The SMILES string of the molecule is Cc1cn([C@H]2O[C@@H](CO[P@@](=O)(N[C@@H](C)C(=O)OC(C)C)Oc3ccccc3)C(O)[C@H]2C#N)c(=S)[nH]c1=O. The average molecular weight is 553 g/mol. The second-order valence-corrected chi connectivity index (χ2v) is 10.8. The van der Waals surface area contributed by atoms with E-state index >= 15 is 0 Å². The van der Waals surface area contributed by atoms with Crippen LogP contribution in [0, 0.1) is 28.9 Å². The summed E-state index contributed by atoms with van der Waals surface area (Å²) in [6, 6.07) is 9.10. The van der Waals surface area contributed by atoms with E-state index in [-0.39, 0.29) is 16.1 Å². The molecule has 2 heterocycles. The van der Waals surface area contributed by atoms with E-state index in [1.165, 1.54) is 17.7 Å². The van der Waals surface area contributed by atoms with Crippen molar-refractivity contribution in [1.29, 1.82) is 5.26 Å². The van der Waals surface area contributed by atoms with Gasteiger partial charge in [-0.1, -0.05) is 18.2 Å². The fraction of sp³-hybridized carbons (Fsp3) is 0.478. The van der Waals surface area contributed by atoms with Crippen molar-refractivity contribution in [2.45, 2.75) is 58.3 Å². The van der Waals surface area contributed by atoms with Gasteiger partial charge in [-0.3, -0.25) is 23.7 Å². The predicted octanol–water partition coefficient (Wildman–Crippen LogP) is 2.75. The first-order valence-electron chi connectivity index (χ1n) is 11.5. The summed E-state index contributed by atoms with van der Waals surface area (Å²) in [4.78, 5) is 26.6. The molecule has 1 aliphatic rings. The van der Waals surface area contributed by atoms with Gasteiger partial charge in [-0.05, 0) is 52.0 Å². The zero-order valence-electron chi connectivity index (χ0n) is 20.7. The summed E-state index contributed by atoms with van der Waals surface area (Å²) in [5.74, 6) is -1.54. The van der Waals surface area contributed by atoms with E-state index in [1.54, 1.807) is 51.1 Å². The summed E-state index contributed by atoms with van der Waals surface area (Å²) < 4.78 is 37.2. The number of nitrogens with one attached hydrogen (secondary N) is 2. The highest BCUT2D eigenvalue weighted by Crippen LogP contribution is 2.46. The quantitative estimate of drug-likeness (QED) is 0.225. The molecule has 0 aliphatic carbocycles. The van der Waals surface area contributed by atoms with Gasteiger partial charge in [-0.15, -0.1) is 0 Å². The van der Waals surface area contributed by atoms with Crippen LogP contribution in [0.5, 0.6) is 5.75 Å². The lowest BCUT2D eigenvalue weighted by molar-refractivity contribution is -0.149. The lowest BCUT2D eigenvalue weighted by atomic mass is 10.0. The smallest absolute Gasteiger partial charge is 0.459 e. The van der Waals surface area contributed by atoms with Crippen LogP contribution in [0.3, 0.4) is 0 Å². The van der Waals surface area contributed by atoms with Gasteiger partial charge < -0.3 is 19.1 Å². The number of nitrogens with zero attached hydrogens (tertiary/aromatic N) is 2. The van der Waals surface area contributed by atoms with Crippen molar-refractivity contribution in [2.75, 3.05) is 6.61 Å². The summed E-state index contributed by atoms with van der Waals surface area (Å²) in [5.41, 5.74) is -0.0568. The Morgan fingerprint density at radius 2 is 2.03 bits per heavy atom. The zero-order chi connectivity index (χ0) is 27.3. The number of H-pyrrole nitrogens is 1. The maximum Gasteiger partial charge on any atom is 0.459 e. The number of carbonyl (C=O) groups is 1. The normalized spacial score (nSPS) is 23.7. The summed E-state index contributed by atoms with van der Waals surface area (Å²) >= 11 is 5.20. The Labute approximate surface area is 218 Å². The number of nitriles is 1. The highest BCUT2D eigenvalue weighted by molar-refractivity contribution is 7.71. The minimum absolute atomic E-state index is 0.00635. The van der Waals surface area contributed by atoms with Gasteiger partial charge in [0.15, 0.2) is 11.0 Å². The second-order valence-electron chi connectivity index (χ2n) is 8.72. The number of carbonyl (C=O) groups excluding carboxylic acids is 1. The molecule has 1 saturated heterocycles. The van der Waals surface area contributed by atoms with Crippen molar-refractivity contribution < 1.29 is 33.0 Å². The number of aliphatic hydroxyl groups is 1. The van der Waals surface area contributed by atoms with E-state index in [2.05, 4.69) is 10.1 Å². The summed E-state index contributed by atoms with van der Waals surface area (Å²) in [5, 5.41) is 23.0. The van der Waals surface area contributed by atoms with Gasteiger partial charge in [0.25, 0.3) is 5.56 Å². The van der Waals surface area contributed by atoms with E-state index in [4.69, 9.17) is 30.7 Å². The number of para-hydroxylation sites is 1. The molecule has 2 aromatic rings. The molecule has 37 heavy (non-hydrogen) atoms. The first-order valence-corrected chi connectivity index (χ1v) is 13.4. The molecule has 0 spiro atoms. The highest BCUT2D eigenvalue weighted by Gasteiger charge is 2.46. The molecule has 1 aromatic heterocycles. The van der Waals surface area contributed by atoms with E-state index < -0.39 is 56.8 Å². The highest BCUT2D eigenvalue weighted by atomic mass is 32.1. The van der Waals surface area contributed by atoms with Crippen LogP contribution in [-0.2, 0) is 23.4 Å². The number of aromatic nitrogens is 2. The first-order chi connectivity index (χ1) is 17.4. The number of aromatic amines is 1. The molecule has 0 bridgehead atoms. The largest absolute Gasteiger partial charge is 0.462 e. The van der Waals surface area contributed by atoms with E-state index in [0.29, 0.717) is 5.56 Å². The number of benzene rings is 1. The van der Waals surface area contributed by atoms with Gasteiger partial charge in [-0.25, -0.2) is 4.57 Å². The van der Waals surface area contributed by atoms with Crippen LogP contribution < -0.4 is 15.2 Å². The lowest BCUT2D eigenvalue weighted by Gasteiger charge is -2.25. The number of rotatable bonds is 10. The maximum atomic E-state index is 13.7. The second kappa shape index (κ2) is 12.1. The molecule has 0 radical (unpaired) electrons. The Hall–Kier alpha value is -2.85.